The van der Waals surface area contributed by atoms with E-state index in [9.17, 15) is 9.59 Å². The van der Waals surface area contributed by atoms with Crippen molar-refractivity contribution >= 4 is 39.3 Å². The number of ether oxygens (including phenoxy) is 1. The molecule has 3 aromatic rings. The number of hydrogen-bond acceptors (Lipinski definition) is 3. The summed E-state index contributed by atoms with van der Waals surface area (Å²) in [5.74, 6) is 0.0275. The number of carbonyl (C=O) groups excluding carboxylic acids is 2. The predicted octanol–water partition coefficient (Wildman–Crippen LogP) is 5.57. The Morgan fingerprint density at radius 3 is 2.38 bits per heavy atom. The van der Waals surface area contributed by atoms with E-state index in [0.29, 0.717) is 34.8 Å². The van der Waals surface area contributed by atoms with Gasteiger partial charge < -0.3 is 15.0 Å². The molecule has 0 heterocycles. The third-order valence-electron chi connectivity index (χ3n) is 5.34. The first kappa shape index (κ1) is 25.8. The number of amides is 2. The first-order valence-corrected chi connectivity index (χ1v) is 12.3. The molecule has 2 amide bonds. The number of halogens is 2. The quantitative estimate of drug-likeness (QED) is 0.364. The first-order valence-electron chi connectivity index (χ1n) is 11.1. The molecule has 0 unspecified atom stereocenters. The van der Waals surface area contributed by atoms with E-state index in [2.05, 4.69) is 21.2 Å². The number of nitrogens with one attached hydrogen (secondary N) is 1. The second kappa shape index (κ2) is 12.6. The van der Waals surface area contributed by atoms with Crippen LogP contribution >= 0.6 is 27.5 Å². The lowest BCUT2D eigenvalue weighted by atomic mass is 10.0. The predicted molar refractivity (Wildman–Crippen MR) is 139 cm³/mol. The lowest BCUT2D eigenvalue weighted by Crippen LogP contribution is -2.51. The molecule has 0 aliphatic rings. The summed E-state index contributed by atoms with van der Waals surface area (Å²) in [4.78, 5) is 28.2. The molecule has 0 fully saturated rings. The molecule has 178 valence electrons. The van der Waals surface area contributed by atoms with Crippen LogP contribution in [0.25, 0.3) is 0 Å². The van der Waals surface area contributed by atoms with Crippen molar-refractivity contribution in [3.05, 3.63) is 99.0 Å². The molecule has 0 spiro atoms. The maximum Gasteiger partial charge on any atom is 0.261 e. The van der Waals surface area contributed by atoms with Crippen LogP contribution in [0.5, 0.6) is 5.75 Å². The summed E-state index contributed by atoms with van der Waals surface area (Å²) >= 11 is 9.42. The number of benzene rings is 3. The van der Waals surface area contributed by atoms with Crippen molar-refractivity contribution in [1.29, 1.82) is 0 Å². The van der Waals surface area contributed by atoms with E-state index in [4.69, 9.17) is 16.3 Å². The highest BCUT2D eigenvalue weighted by Gasteiger charge is 2.30. The third-order valence-corrected chi connectivity index (χ3v) is 6.20. The highest BCUT2D eigenvalue weighted by molar-refractivity contribution is 9.10. The standard InChI is InChI=1S/C27H28BrClN2O3/c1-3-30-27(33)24(15-20-7-5-4-6-8-20)31(17-21-11-9-19(2)10-12-21)26(32)18-34-25-14-13-22(29)16-23(25)28/h4-14,16,24H,3,15,17-18H2,1-2H3,(H,30,33)/t24-/m1/s1. The topological polar surface area (TPSA) is 58.6 Å². The van der Waals surface area contributed by atoms with Gasteiger partial charge in [-0.25, -0.2) is 0 Å². The highest BCUT2D eigenvalue weighted by Crippen LogP contribution is 2.28. The Hall–Kier alpha value is -2.83. The Balaban J connectivity index is 1.89. The Morgan fingerprint density at radius 2 is 1.74 bits per heavy atom. The second-order valence-electron chi connectivity index (χ2n) is 7.97. The van der Waals surface area contributed by atoms with Crippen LogP contribution in [0.1, 0.15) is 23.6 Å². The number of nitrogens with zero attached hydrogens (tertiary/aromatic N) is 1. The van der Waals surface area contributed by atoms with Crippen LogP contribution in [0.15, 0.2) is 77.3 Å². The monoisotopic (exact) mass is 542 g/mol. The van der Waals surface area contributed by atoms with E-state index in [-0.39, 0.29) is 18.4 Å². The van der Waals surface area contributed by atoms with Gasteiger partial charge in [-0.15, -0.1) is 0 Å². The zero-order valence-corrected chi connectivity index (χ0v) is 21.6. The van der Waals surface area contributed by atoms with Gasteiger partial charge in [0.1, 0.15) is 11.8 Å². The lowest BCUT2D eigenvalue weighted by Gasteiger charge is -2.31. The summed E-state index contributed by atoms with van der Waals surface area (Å²) in [6.45, 7) is 4.43. The van der Waals surface area contributed by atoms with E-state index < -0.39 is 6.04 Å². The van der Waals surface area contributed by atoms with Crippen LogP contribution in [0.3, 0.4) is 0 Å². The van der Waals surface area contributed by atoms with Crippen molar-refractivity contribution in [2.45, 2.75) is 32.9 Å². The summed E-state index contributed by atoms with van der Waals surface area (Å²) in [7, 11) is 0. The molecule has 0 bridgehead atoms. The number of aryl methyl sites for hydroxylation is 1. The molecular weight excluding hydrogens is 516 g/mol. The fraction of sp³-hybridized carbons (Fsp3) is 0.259. The van der Waals surface area contributed by atoms with Crippen molar-refractivity contribution in [3.63, 3.8) is 0 Å². The smallest absolute Gasteiger partial charge is 0.261 e. The minimum atomic E-state index is -0.687. The van der Waals surface area contributed by atoms with Gasteiger partial charge in [0.2, 0.25) is 5.91 Å². The molecule has 1 N–H and O–H groups in total. The molecule has 0 aromatic heterocycles. The first-order chi connectivity index (χ1) is 16.4. The van der Waals surface area contributed by atoms with Gasteiger partial charge in [0.05, 0.1) is 4.47 Å². The molecule has 0 aliphatic heterocycles. The van der Waals surface area contributed by atoms with Gasteiger partial charge in [0, 0.05) is 24.5 Å². The van der Waals surface area contributed by atoms with E-state index in [0.717, 1.165) is 16.7 Å². The van der Waals surface area contributed by atoms with Crippen molar-refractivity contribution in [1.82, 2.24) is 10.2 Å². The molecule has 0 radical (unpaired) electrons. The van der Waals surface area contributed by atoms with Gasteiger partial charge >= 0.3 is 0 Å². The van der Waals surface area contributed by atoms with Crippen LogP contribution in [-0.4, -0.2) is 35.9 Å². The summed E-state index contributed by atoms with van der Waals surface area (Å²) in [5, 5.41) is 3.45. The van der Waals surface area contributed by atoms with E-state index >= 15 is 0 Å². The Labute approximate surface area is 214 Å². The number of likely N-dealkylation sites (N-methyl/N-ethyl adjacent to an activating group) is 1. The minimum Gasteiger partial charge on any atom is -0.483 e. The van der Waals surface area contributed by atoms with Crippen LogP contribution in [0, 0.1) is 6.92 Å². The van der Waals surface area contributed by atoms with Crippen LogP contribution in [0.4, 0.5) is 0 Å². The van der Waals surface area contributed by atoms with Crippen LogP contribution in [0.2, 0.25) is 5.02 Å². The fourth-order valence-electron chi connectivity index (χ4n) is 3.55. The molecule has 3 rings (SSSR count). The average molecular weight is 544 g/mol. The molecule has 5 nitrogen and oxygen atoms in total. The molecular formula is C27H28BrClN2O3. The molecule has 0 saturated carbocycles. The fourth-order valence-corrected chi connectivity index (χ4v) is 4.35. The molecule has 3 aromatic carbocycles. The average Bonchev–Trinajstić information content (AvgIpc) is 2.82. The largest absolute Gasteiger partial charge is 0.483 e. The summed E-state index contributed by atoms with van der Waals surface area (Å²) in [5.41, 5.74) is 3.04. The van der Waals surface area contributed by atoms with Crippen LogP contribution in [-0.2, 0) is 22.6 Å². The lowest BCUT2D eigenvalue weighted by molar-refractivity contribution is -0.142. The van der Waals surface area contributed by atoms with Crippen molar-refractivity contribution in [2.24, 2.45) is 0 Å². The van der Waals surface area contributed by atoms with E-state index in [1.54, 1.807) is 23.1 Å². The Bertz CT molecular complexity index is 1110. The molecule has 1 atom stereocenters. The van der Waals surface area contributed by atoms with E-state index in [1.165, 1.54) is 0 Å². The molecule has 34 heavy (non-hydrogen) atoms. The highest BCUT2D eigenvalue weighted by atomic mass is 79.9. The van der Waals surface area contributed by atoms with Crippen molar-refractivity contribution in [2.75, 3.05) is 13.2 Å². The zero-order chi connectivity index (χ0) is 24.5. The second-order valence-corrected chi connectivity index (χ2v) is 9.26. The normalized spacial score (nSPS) is 11.5. The maximum atomic E-state index is 13.5. The van der Waals surface area contributed by atoms with Gasteiger partial charge in [0.25, 0.3) is 5.91 Å². The summed E-state index contributed by atoms with van der Waals surface area (Å²) in [6.07, 6.45) is 0.398. The molecule has 0 saturated heterocycles. The zero-order valence-electron chi connectivity index (χ0n) is 19.3. The Kier molecular flexibility index (Phi) is 9.54. The van der Waals surface area contributed by atoms with Gasteiger partial charge in [-0.2, -0.15) is 0 Å². The minimum absolute atomic E-state index is 0.195. The number of rotatable bonds is 10. The van der Waals surface area contributed by atoms with Gasteiger partial charge in [-0.1, -0.05) is 71.8 Å². The SMILES string of the molecule is CCNC(=O)[C@@H](Cc1ccccc1)N(Cc1ccc(C)cc1)C(=O)COc1ccc(Cl)cc1Br. The maximum absolute atomic E-state index is 13.5. The number of hydrogen-bond donors (Lipinski definition) is 1. The van der Waals surface area contributed by atoms with Crippen molar-refractivity contribution in [3.8, 4) is 5.75 Å². The summed E-state index contributed by atoms with van der Waals surface area (Å²) < 4.78 is 6.46. The Morgan fingerprint density at radius 1 is 1.03 bits per heavy atom. The number of carbonyl (C=O) groups is 2. The van der Waals surface area contributed by atoms with Gasteiger partial charge in [-0.3, -0.25) is 9.59 Å². The van der Waals surface area contributed by atoms with E-state index in [1.807, 2.05) is 68.4 Å². The molecule has 7 heteroatoms. The van der Waals surface area contributed by atoms with Gasteiger partial charge in [-0.05, 0) is 59.1 Å². The third kappa shape index (κ3) is 7.34. The van der Waals surface area contributed by atoms with Crippen molar-refractivity contribution < 1.29 is 14.3 Å². The molecule has 0 aliphatic carbocycles. The summed E-state index contributed by atoms with van der Waals surface area (Å²) in [6, 6.07) is 22.1. The van der Waals surface area contributed by atoms with Crippen LogP contribution < -0.4 is 10.1 Å². The van der Waals surface area contributed by atoms with Gasteiger partial charge in [0.15, 0.2) is 6.61 Å².